The topological polar surface area (TPSA) is 6.48 Å². The average molecular weight is 224 g/mol. The molecule has 2 bridgehead atoms. The molecule has 2 aliphatic heterocycles. The largest absolute Gasteiger partial charge is 0.298 e. The molecule has 0 N–H and O–H groups in total. The van der Waals surface area contributed by atoms with E-state index in [1.54, 1.807) is 0 Å². The number of rotatable bonds is 2. The highest BCUT2D eigenvalue weighted by Crippen LogP contribution is 2.38. The van der Waals surface area contributed by atoms with Crippen molar-refractivity contribution < 1.29 is 0 Å². The molecule has 2 nitrogen and oxygen atoms in total. The van der Waals surface area contributed by atoms with Crippen LogP contribution in [0.3, 0.4) is 0 Å². The van der Waals surface area contributed by atoms with E-state index in [1.165, 1.54) is 32.2 Å². The third kappa shape index (κ3) is 2.14. The van der Waals surface area contributed by atoms with Crippen molar-refractivity contribution in [1.29, 1.82) is 0 Å². The van der Waals surface area contributed by atoms with E-state index >= 15 is 0 Å². The Hall–Kier alpha value is -0.0800. The minimum atomic E-state index is 0.318. The van der Waals surface area contributed by atoms with Crippen molar-refractivity contribution >= 4 is 0 Å². The first-order valence-electron chi connectivity index (χ1n) is 6.92. The molecule has 2 heteroatoms. The van der Waals surface area contributed by atoms with Gasteiger partial charge in [0.25, 0.3) is 0 Å². The van der Waals surface area contributed by atoms with Crippen LogP contribution in [0.2, 0.25) is 0 Å². The van der Waals surface area contributed by atoms with Crippen LogP contribution >= 0.6 is 0 Å². The molecule has 0 spiro atoms. The van der Waals surface area contributed by atoms with Crippen molar-refractivity contribution in [3.05, 3.63) is 0 Å². The Bertz CT molecular complexity index is 230. The van der Waals surface area contributed by atoms with Crippen LogP contribution in [-0.4, -0.2) is 47.1 Å². The lowest BCUT2D eigenvalue weighted by molar-refractivity contribution is 0.0323. The highest BCUT2D eigenvalue weighted by molar-refractivity contribution is 4.98. The van der Waals surface area contributed by atoms with E-state index in [4.69, 9.17) is 0 Å². The molecule has 0 aromatic rings. The van der Waals surface area contributed by atoms with Crippen molar-refractivity contribution in [3.63, 3.8) is 0 Å². The second kappa shape index (κ2) is 4.30. The Labute approximate surface area is 101 Å². The zero-order valence-corrected chi connectivity index (χ0v) is 11.7. The van der Waals surface area contributed by atoms with Crippen LogP contribution in [0.25, 0.3) is 0 Å². The second-order valence-corrected chi connectivity index (χ2v) is 6.62. The number of piperidine rings is 1. The summed E-state index contributed by atoms with van der Waals surface area (Å²) < 4.78 is 0. The number of hydrogen-bond donors (Lipinski definition) is 0. The lowest BCUT2D eigenvalue weighted by Gasteiger charge is -2.46. The molecule has 94 valence electrons. The molecule has 2 unspecified atom stereocenters. The smallest absolute Gasteiger partial charge is 0.0127 e. The zero-order valence-electron chi connectivity index (χ0n) is 11.7. The molecule has 2 atom stereocenters. The van der Waals surface area contributed by atoms with Gasteiger partial charge in [0, 0.05) is 23.7 Å². The van der Waals surface area contributed by atoms with Crippen LogP contribution in [0, 0.1) is 0 Å². The maximum absolute atomic E-state index is 2.74. The van der Waals surface area contributed by atoms with E-state index in [0.29, 0.717) is 5.54 Å². The van der Waals surface area contributed by atoms with Gasteiger partial charge in [-0.15, -0.1) is 0 Å². The fourth-order valence-electron chi connectivity index (χ4n) is 3.63. The van der Waals surface area contributed by atoms with E-state index in [-0.39, 0.29) is 0 Å². The van der Waals surface area contributed by atoms with Crippen LogP contribution in [0.15, 0.2) is 0 Å². The van der Waals surface area contributed by atoms with Gasteiger partial charge in [-0.2, -0.15) is 0 Å². The molecule has 0 aromatic heterocycles. The van der Waals surface area contributed by atoms with Gasteiger partial charge in [0.2, 0.25) is 0 Å². The van der Waals surface area contributed by atoms with Crippen LogP contribution < -0.4 is 0 Å². The predicted molar refractivity (Wildman–Crippen MR) is 69.7 cm³/mol. The third-order valence-electron chi connectivity index (χ3n) is 4.83. The highest BCUT2D eigenvalue weighted by Gasteiger charge is 2.42. The number of nitrogens with zero attached hydrogens (tertiary/aromatic N) is 2. The lowest BCUT2D eigenvalue weighted by Crippen LogP contribution is -2.53. The monoisotopic (exact) mass is 224 g/mol. The Morgan fingerprint density at radius 3 is 2.00 bits per heavy atom. The lowest BCUT2D eigenvalue weighted by atomic mass is 9.92. The van der Waals surface area contributed by atoms with Crippen LogP contribution in [-0.2, 0) is 0 Å². The molecule has 0 saturated carbocycles. The van der Waals surface area contributed by atoms with E-state index in [1.807, 2.05) is 0 Å². The molecular formula is C14H28N2. The molecule has 16 heavy (non-hydrogen) atoms. The Kier molecular flexibility index (Phi) is 3.33. The molecule has 2 fully saturated rings. The zero-order chi connectivity index (χ0) is 11.9. The standard InChI is InChI=1S/C14H28N2/c1-6-16-11-7-8-12(16)10-13(9-11)15(5)14(2,3)4/h11-13H,6-10H2,1-5H3. The molecule has 0 aromatic carbocycles. The van der Waals surface area contributed by atoms with Gasteiger partial charge < -0.3 is 0 Å². The van der Waals surface area contributed by atoms with Gasteiger partial charge in [0.15, 0.2) is 0 Å². The summed E-state index contributed by atoms with van der Waals surface area (Å²) in [6.07, 6.45) is 5.65. The third-order valence-corrected chi connectivity index (χ3v) is 4.83. The van der Waals surface area contributed by atoms with Gasteiger partial charge >= 0.3 is 0 Å². The average Bonchev–Trinajstić information content (AvgIpc) is 2.45. The van der Waals surface area contributed by atoms with Gasteiger partial charge in [0.05, 0.1) is 0 Å². The fraction of sp³-hybridized carbons (Fsp3) is 1.00. The van der Waals surface area contributed by atoms with Gasteiger partial charge in [-0.3, -0.25) is 9.80 Å². The van der Waals surface area contributed by atoms with Crippen molar-refractivity contribution in [2.45, 2.75) is 77.0 Å². The predicted octanol–water partition coefficient (Wildman–Crippen LogP) is 2.73. The number of hydrogen-bond acceptors (Lipinski definition) is 2. The van der Waals surface area contributed by atoms with Crippen LogP contribution in [0.5, 0.6) is 0 Å². The van der Waals surface area contributed by atoms with Crippen LogP contribution in [0.1, 0.15) is 53.4 Å². The Balaban J connectivity index is 2.02. The minimum Gasteiger partial charge on any atom is -0.298 e. The summed E-state index contributed by atoms with van der Waals surface area (Å²) in [5.74, 6) is 0. The van der Waals surface area contributed by atoms with Gasteiger partial charge in [-0.1, -0.05) is 6.92 Å². The summed E-state index contributed by atoms with van der Waals surface area (Å²) in [6, 6.07) is 2.55. The Morgan fingerprint density at radius 1 is 1.12 bits per heavy atom. The van der Waals surface area contributed by atoms with Gasteiger partial charge in [-0.25, -0.2) is 0 Å². The summed E-state index contributed by atoms with van der Waals surface area (Å²) >= 11 is 0. The summed E-state index contributed by atoms with van der Waals surface area (Å²) in [7, 11) is 2.31. The first-order chi connectivity index (χ1) is 7.43. The van der Waals surface area contributed by atoms with Crippen molar-refractivity contribution in [1.82, 2.24) is 9.80 Å². The molecule has 2 saturated heterocycles. The SMILES string of the molecule is CCN1C2CCC1CC(N(C)C(C)(C)C)C2. The summed E-state index contributed by atoms with van der Waals surface area (Å²) in [4.78, 5) is 5.35. The first-order valence-corrected chi connectivity index (χ1v) is 6.92. The molecule has 0 amide bonds. The second-order valence-electron chi connectivity index (χ2n) is 6.62. The van der Waals surface area contributed by atoms with E-state index < -0.39 is 0 Å². The fourth-order valence-corrected chi connectivity index (χ4v) is 3.63. The van der Waals surface area contributed by atoms with E-state index in [2.05, 4.69) is 44.5 Å². The van der Waals surface area contributed by atoms with Crippen molar-refractivity contribution in [3.8, 4) is 0 Å². The molecule has 0 radical (unpaired) electrons. The molecular weight excluding hydrogens is 196 g/mol. The van der Waals surface area contributed by atoms with Crippen molar-refractivity contribution in [2.24, 2.45) is 0 Å². The van der Waals surface area contributed by atoms with E-state index in [9.17, 15) is 0 Å². The van der Waals surface area contributed by atoms with Gasteiger partial charge in [-0.05, 0) is 60.0 Å². The molecule has 2 aliphatic rings. The minimum absolute atomic E-state index is 0.318. The number of fused-ring (bicyclic) bond motifs is 2. The van der Waals surface area contributed by atoms with Crippen molar-refractivity contribution in [2.75, 3.05) is 13.6 Å². The maximum atomic E-state index is 2.74. The first kappa shape index (κ1) is 12.4. The van der Waals surface area contributed by atoms with Gasteiger partial charge in [0.1, 0.15) is 0 Å². The van der Waals surface area contributed by atoms with Crippen LogP contribution in [0.4, 0.5) is 0 Å². The summed E-state index contributed by atoms with van der Waals surface area (Å²) in [5, 5.41) is 0. The molecule has 2 heterocycles. The molecule has 2 rings (SSSR count). The maximum Gasteiger partial charge on any atom is 0.0127 e. The quantitative estimate of drug-likeness (QED) is 0.711. The summed E-state index contributed by atoms with van der Waals surface area (Å²) in [6.45, 7) is 10.6. The Morgan fingerprint density at radius 2 is 1.62 bits per heavy atom. The van der Waals surface area contributed by atoms with E-state index in [0.717, 1.165) is 18.1 Å². The highest BCUT2D eigenvalue weighted by atomic mass is 15.3. The normalized spacial score (nSPS) is 36.0. The summed E-state index contributed by atoms with van der Waals surface area (Å²) in [5.41, 5.74) is 0.318. The molecule has 0 aliphatic carbocycles.